The van der Waals surface area contributed by atoms with Crippen LogP contribution < -0.4 is 0 Å². The number of hydrogen-bond donors (Lipinski definition) is 1. The number of hydrogen-bond acceptors (Lipinski definition) is 2. The lowest BCUT2D eigenvalue weighted by atomic mass is 10.2. The van der Waals surface area contributed by atoms with E-state index in [1.165, 1.54) is 17.8 Å². The highest BCUT2D eigenvalue weighted by Gasteiger charge is 2.04. The van der Waals surface area contributed by atoms with Crippen LogP contribution >= 0.6 is 11.8 Å². The van der Waals surface area contributed by atoms with Gasteiger partial charge in [0.15, 0.2) is 11.6 Å². The second-order valence-corrected chi connectivity index (χ2v) is 5.30. The lowest BCUT2D eigenvalue weighted by Crippen LogP contribution is -1.99. The van der Waals surface area contributed by atoms with Gasteiger partial charge in [-0.1, -0.05) is 18.2 Å². The van der Waals surface area contributed by atoms with Crippen molar-refractivity contribution in [3.8, 4) is 0 Å². The molecule has 0 heterocycles. The first-order valence-electron chi connectivity index (χ1n) is 5.92. The molecule has 1 N–H and O–H groups in total. The molecule has 20 heavy (non-hydrogen) atoms. The number of rotatable bonds is 5. The first-order valence-corrected chi connectivity index (χ1v) is 6.90. The molecule has 2 aromatic carbocycles. The average Bonchev–Trinajstić information content (AvgIpc) is 2.41. The summed E-state index contributed by atoms with van der Waals surface area (Å²) in [5, 5.41) is 8.67. The highest BCUT2D eigenvalue weighted by molar-refractivity contribution is 7.98. The van der Waals surface area contributed by atoms with Gasteiger partial charge in [0.1, 0.15) is 0 Å². The third-order valence-corrected chi connectivity index (χ3v) is 3.75. The number of thioether (sulfide) groups is 1. The molecule has 0 spiro atoms. The van der Waals surface area contributed by atoms with Gasteiger partial charge in [0.05, 0.1) is 6.42 Å². The van der Waals surface area contributed by atoms with Gasteiger partial charge in [-0.15, -0.1) is 11.8 Å². The molecule has 0 radical (unpaired) electrons. The maximum absolute atomic E-state index is 13.0. The first kappa shape index (κ1) is 14.5. The van der Waals surface area contributed by atoms with E-state index in [0.717, 1.165) is 16.5 Å². The molecule has 2 rings (SSSR count). The van der Waals surface area contributed by atoms with E-state index in [0.29, 0.717) is 11.3 Å². The molecular weight excluding hydrogens is 282 g/mol. The molecule has 0 amide bonds. The normalized spacial score (nSPS) is 10.5. The van der Waals surface area contributed by atoms with E-state index in [-0.39, 0.29) is 6.42 Å². The van der Waals surface area contributed by atoms with E-state index in [9.17, 15) is 13.6 Å². The molecule has 104 valence electrons. The van der Waals surface area contributed by atoms with Crippen LogP contribution in [0, 0.1) is 11.6 Å². The fourth-order valence-electron chi connectivity index (χ4n) is 1.67. The Kier molecular flexibility index (Phi) is 4.74. The van der Waals surface area contributed by atoms with Crippen LogP contribution in [0.5, 0.6) is 0 Å². The summed E-state index contributed by atoms with van der Waals surface area (Å²) in [4.78, 5) is 11.5. The van der Waals surface area contributed by atoms with E-state index in [1.54, 1.807) is 18.2 Å². The van der Waals surface area contributed by atoms with Crippen LogP contribution in [0.4, 0.5) is 8.78 Å². The Hall–Kier alpha value is -1.88. The van der Waals surface area contributed by atoms with Crippen molar-refractivity contribution in [1.29, 1.82) is 0 Å². The molecule has 2 aromatic rings. The highest BCUT2D eigenvalue weighted by atomic mass is 32.2. The van der Waals surface area contributed by atoms with Crippen LogP contribution in [-0.4, -0.2) is 11.1 Å². The van der Waals surface area contributed by atoms with Crippen molar-refractivity contribution in [3.05, 3.63) is 65.2 Å². The quantitative estimate of drug-likeness (QED) is 0.850. The van der Waals surface area contributed by atoms with Crippen molar-refractivity contribution in [2.75, 3.05) is 0 Å². The molecule has 0 saturated heterocycles. The van der Waals surface area contributed by atoms with Crippen molar-refractivity contribution in [1.82, 2.24) is 0 Å². The first-order chi connectivity index (χ1) is 9.54. The summed E-state index contributed by atoms with van der Waals surface area (Å²) in [5.41, 5.74) is 1.43. The summed E-state index contributed by atoms with van der Waals surface area (Å²) < 4.78 is 25.8. The Labute approximate surface area is 119 Å². The maximum atomic E-state index is 13.0. The maximum Gasteiger partial charge on any atom is 0.307 e. The van der Waals surface area contributed by atoms with Gasteiger partial charge in [0.25, 0.3) is 0 Å². The SMILES string of the molecule is O=C(O)Cc1ccc(SCc2ccc(F)c(F)c2)cc1. The number of carboxylic acids is 1. The van der Waals surface area contributed by atoms with E-state index >= 15 is 0 Å². The van der Waals surface area contributed by atoms with E-state index in [1.807, 2.05) is 12.1 Å². The zero-order valence-corrected chi connectivity index (χ0v) is 11.3. The standard InChI is InChI=1S/C15H12F2O2S/c16-13-6-3-11(7-14(13)17)9-20-12-4-1-10(2-5-12)8-15(18)19/h1-7H,8-9H2,(H,18,19). The van der Waals surface area contributed by atoms with Crippen LogP contribution in [0.3, 0.4) is 0 Å². The predicted octanol–water partition coefficient (Wildman–Crippen LogP) is 3.88. The van der Waals surface area contributed by atoms with Crippen LogP contribution in [-0.2, 0) is 17.0 Å². The number of aliphatic carboxylic acids is 1. The summed E-state index contributed by atoms with van der Waals surface area (Å²) in [5.74, 6) is -2.04. The van der Waals surface area contributed by atoms with Gasteiger partial charge in [-0.2, -0.15) is 0 Å². The lowest BCUT2D eigenvalue weighted by molar-refractivity contribution is -0.136. The monoisotopic (exact) mass is 294 g/mol. The zero-order chi connectivity index (χ0) is 14.5. The Balaban J connectivity index is 1.96. The molecule has 0 aliphatic carbocycles. The number of halogens is 2. The van der Waals surface area contributed by atoms with Crippen LogP contribution in [0.2, 0.25) is 0 Å². The topological polar surface area (TPSA) is 37.3 Å². The van der Waals surface area contributed by atoms with Crippen LogP contribution in [0.1, 0.15) is 11.1 Å². The Morgan fingerprint density at radius 2 is 1.65 bits per heavy atom. The fourth-order valence-corrected chi connectivity index (χ4v) is 2.52. The molecule has 0 bridgehead atoms. The van der Waals surface area contributed by atoms with Crippen molar-refractivity contribution >= 4 is 17.7 Å². The molecule has 0 atom stereocenters. The predicted molar refractivity (Wildman–Crippen MR) is 73.7 cm³/mol. The van der Waals surface area contributed by atoms with Crippen molar-refractivity contribution in [3.63, 3.8) is 0 Å². The Morgan fingerprint density at radius 3 is 2.25 bits per heavy atom. The van der Waals surface area contributed by atoms with Gasteiger partial charge in [-0.25, -0.2) is 8.78 Å². The summed E-state index contributed by atoms with van der Waals surface area (Å²) >= 11 is 1.48. The second-order valence-electron chi connectivity index (χ2n) is 4.25. The van der Waals surface area contributed by atoms with Crippen LogP contribution in [0.15, 0.2) is 47.4 Å². The largest absolute Gasteiger partial charge is 0.481 e. The van der Waals surface area contributed by atoms with Gasteiger partial charge >= 0.3 is 5.97 Å². The number of carbonyl (C=O) groups is 1. The van der Waals surface area contributed by atoms with Gasteiger partial charge in [-0.3, -0.25) is 4.79 Å². The Bertz CT molecular complexity index is 612. The van der Waals surface area contributed by atoms with Gasteiger partial charge in [-0.05, 0) is 35.4 Å². The average molecular weight is 294 g/mol. The minimum atomic E-state index is -0.868. The minimum absolute atomic E-state index is 0.00583. The second kappa shape index (κ2) is 6.52. The van der Waals surface area contributed by atoms with Crippen LogP contribution in [0.25, 0.3) is 0 Å². The molecule has 0 unspecified atom stereocenters. The number of carboxylic acid groups (broad SMARTS) is 1. The third kappa shape index (κ3) is 4.06. The van der Waals surface area contributed by atoms with E-state index in [2.05, 4.69) is 0 Å². The number of benzene rings is 2. The summed E-state index contributed by atoms with van der Waals surface area (Å²) in [6.07, 6.45) is -0.00583. The van der Waals surface area contributed by atoms with Gasteiger partial charge in [0.2, 0.25) is 0 Å². The third-order valence-electron chi connectivity index (χ3n) is 2.67. The molecular formula is C15H12F2O2S. The van der Waals surface area contributed by atoms with E-state index < -0.39 is 17.6 Å². The molecule has 0 fully saturated rings. The Morgan fingerprint density at radius 1 is 1.00 bits per heavy atom. The molecule has 5 heteroatoms. The molecule has 0 aliphatic rings. The zero-order valence-electron chi connectivity index (χ0n) is 10.5. The van der Waals surface area contributed by atoms with Crippen molar-refractivity contribution < 1.29 is 18.7 Å². The highest BCUT2D eigenvalue weighted by Crippen LogP contribution is 2.24. The summed E-state index contributed by atoms with van der Waals surface area (Å²) in [6.45, 7) is 0. The smallest absolute Gasteiger partial charge is 0.307 e. The summed E-state index contributed by atoms with van der Waals surface area (Å²) in [6, 6.07) is 11.0. The van der Waals surface area contributed by atoms with Crippen molar-refractivity contribution in [2.45, 2.75) is 17.1 Å². The van der Waals surface area contributed by atoms with Gasteiger partial charge < -0.3 is 5.11 Å². The molecule has 0 aromatic heterocycles. The molecule has 2 nitrogen and oxygen atoms in total. The summed E-state index contributed by atoms with van der Waals surface area (Å²) in [7, 11) is 0. The van der Waals surface area contributed by atoms with E-state index in [4.69, 9.17) is 5.11 Å². The molecule has 0 aliphatic heterocycles. The van der Waals surface area contributed by atoms with Crippen molar-refractivity contribution in [2.24, 2.45) is 0 Å². The molecule has 0 saturated carbocycles. The van der Waals surface area contributed by atoms with Gasteiger partial charge in [0, 0.05) is 10.6 Å². The fraction of sp³-hybridized carbons (Fsp3) is 0.133. The minimum Gasteiger partial charge on any atom is -0.481 e. The lowest BCUT2D eigenvalue weighted by Gasteiger charge is -2.04.